The molecule has 5 nitrogen and oxygen atoms in total. The maximum Gasteiger partial charge on any atom is 0.325 e. The summed E-state index contributed by atoms with van der Waals surface area (Å²) in [6, 6.07) is 3.88. The zero-order chi connectivity index (χ0) is 12.6. The lowest BCUT2D eigenvalue weighted by atomic mass is 10.1. The Morgan fingerprint density at radius 3 is 2.82 bits per heavy atom. The molecule has 1 aliphatic rings. The summed E-state index contributed by atoms with van der Waals surface area (Å²) in [5.41, 5.74) is 1.39. The van der Waals surface area contributed by atoms with Crippen LogP contribution in [0.25, 0.3) is 0 Å². The quantitative estimate of drug-likeness (QED) is 0.831. The molecule has 0 spiro atoms. The lowest BCUT2D eigenvalue weighted by Gasteiger charge is -2.07. The third-order valence-electron chi connectivity index (χ3n) is 2.91. The van der Waals surface area contributed by atoms with Crippen LogP contribution in [0, 0.1) is 0 Å². The van der Waals surface area contributed by atoms with E-state index in [2.05, 4.69) is 5.32 Å². The number of rotatable bonds is 3. The van der Waals surface area contributed by atoms with Gasteiger partial charge >= 0.3 is 5.97 Å². The number of aliphatic carboxylic acids is 1. The maximum atomic E-state index is 11.7. The zero-order valence-corrected chi connectivity index (χ0v) is 10.1. The number of carboxylic acid groups (broad SMARTS) is 1. The molecule has 0 saturated heterocycles. The van der Waals surface area contributed by atoms with Crippen LogP contribution in [0.1, 0.15) is 24.1 Å². The molecule has 1 aliphatic heterocycles. The molecule has 0 saturated carbocycles. The SMILES string of the molecule is CCS(=O)(=O)c1ccc2c(c1)CNC2C(=O)O. The van der Waals surface area contributed by atoms with E-state index in [-0.39, 0.29) is 10.6 Å². The summed E-state index contributed by atoms with van der Waals surface area (Å²) in [5, 5.41) is 11.8. The van der Waals surface area contributed by atoms with Crippen molar-refractivity contribution in [2.75, 3.05) is 5.75 Å². The minimum absolute atomic E-state index is 0.0432. The Labute approximate surface area is 99.4 Å². The summed E-state index contributed by atoms with van der Waals surface area (Å²) in [7, 11) is -3.23. The first-order valence-electron chi connectivity index (χ1n) is 5.27. The Morgan fingerprint density at radius 1 is 1.53 bits per heavy atom. The number of hydrogen-bond acceptors (Lipinski definition) is 4. The fraction of sp³-hybridized carbons (Fsp3) is 0.364. The van der Waals surface area contributed by atoms with Gasteiger partial charge in [0.15, 0.2) is 9.84 Å². The molecule has 1 heterocycles. The summed E-state index contributed by atoms with van der Waals surface area (Å²) < 4.78 is 23.4. The molecule has 1 unspecified atom stereocenters. The third-order valence-corrected chi connectivity index (χ3v) is 4.64. The summed E-state index contributed by atoms with van der Waals surface area (Å²) >= 11 is 0. The van der Waals surface area contributed by atoms with E-state index in [0.717, 1.165) is 5.56 Å². The Balaban J connectivity index is 2.45. The highest BCUT2D eigenvalue weighted by atomic mass is 32.2. The molecule has 0 radical (unpaired) electrons. The van der Waals surface area contributed by atoms with Crippen molar-refractivity contribution in [2.45, 2.75) is 24.4 Å². The van der Waals surface area contributed by atoms with Gasteiger partial charge in [-0.15, -0.1) is 0 Å². The van der Waals surface area contributed by atoms with E-state index in [1.807, 2.05) is 0 Å². The fourth-order valence-corrected chi connectivity index (χ4v) is 2.85. The molecule has 0 aromatic heterocycles. The first-order valence-corrected chi connectivity index (χ1v) is 6.92. The average molecular weight is 255 g/mol. The Bertz CT molecular complexity index is 565. The van der Waals surface area contributed by atoms with Crippen molar-refractivity contribution < 1.29 is 18.3 Å². The van der Waals surface area contributed by atoms with Crippen LogP contribution >= 0.6 is 0 Å². The summed E-state index contributed by atoms with van der Waals surface area (Å²) in [6.45, 7) is 1.97. The van der Waals surface area contributed by atoms with Crippen LogP contribution in [0.3, 0.4) is 0 Å². The predicted molar refractivity (Wildman–Crippen MR) is 61.4 cm³/mol. The minimum atomic E-state index is -3.23. The van der Waals surface area contributed by atoms with Gasteiger partial charge in [-0.25, -0.2) is 8.42 Å². The third kappa shape index (κ3) is 2.05. The zero-order valence-electron chi connectivity index (χ0n) is 9.30. The molecule has 1 atom stereocenters. The summed E-state index contributed by atoms with van der Waals surface area (Å²) in [5.74, 6) is -0.906. The van der Waals surface area contributed by atoms with Crippen molar-refractivity contribution in [3.63, 3.8) is 0 Å². The van der Waals surface area contributed by atoms with Crippen molar-refractivity contribution in [3.05, 3.63) is 29.3 Å². The van der Waals surface area contributed by atoms with Crippen LogP contribution in [-0.4, -0.2) is 25.2 Å². The van der Waals surface area contributed by atoms with E-state index in [9.17, 15) is 13.2 Å². The van der Waals surface area contributed by atoms with Gasteiger partial charge < -0.3 is 5.11 Å². The topological polar surface area (TPSA) is 83.5 Å². The molecule has 92 valence electrons. The van der Waals surface area contributed by atoms with E-state index in [1.165, 1.54) is 6.07 Å². The lowest BCUT2D eigenvalue weighted by molar-refractivity contribution is -0.139. The first kappa shape index (κ1) is 12.1. The van der Waals surface area contributed by atoms with Crippen molar-refractivity contribution in [1.29, 1.82) is 0 Å². The van der Waals surface area contributed by atoms with E-state index in [0.29, 0.717) is 12.1 Å². The molecule has 1 aromatic rings. The van der Waals surface area contributed by atoms with Crippen LogP contribution in [-0.2, 0) is 21.2 Å². The van der Waals surface area contributed by atoms with Gasteiger partial charge in [-0.3, -0.25) is 10.1 Å². The normalized spacial score (nSPS) is 19.0. The molecular weight excluding hydrogens is 242 g/mol. The van der Waals surface area contributed by atoms with Gasteiger partial charge in [-0.1, -0.05) is 13.0 Å². The fourth-order valence-electron chi connectivity index (χ4n) is 1.92. The lowest BCUT2D eigenvalue weighted by Crippen LogP contribution is -2.21. The maximum absolute atomic E-state index is 11.7. The molecule has 0 bridgehead atoms. The molecule has 2 rings (SSSR count). The smallest absolute Gasteiger partial charge is 0.325 e. The van der Waals surface area contributed by atoms with Crippen molar-refractivity contribution in [3.8, 4) is 0 Å². The molecule has 2 N–H and O–H groups in total. The van der Waals surface area contributed by atoms with Crippen LogP contribution in [0.5, 0.6) is 0 Å². The standard InChI is InChI=1S/C11H13NO4S/c1-2-17(15,16)8-3-4-9-7(5-8)6-12-10(9)11(13)14/h3-5,10,12H,2,6H2,1H3,(H,13,14). The minimum Gasteiger partial charge on any atom is -0.480 e. The molecule has 6 heteroatoms. The predicted octanol–water partition coefficient (Wildman–Crippen LogP) is 0.709. The number of hydrogen-bond donors (Lipinski definition) is 2. The van der Waals surface area contributed by atoms with Gasteiger partial charge in [0.1, 0.15) is 6.04 Å². The second-order valence-electron chi connectivity index (χ2n) is 3.92. The highest BCUT2D eigenvalue weighted by Crippen LogP contribution is 2.28. The Morgan fingerprint density at radius 2 is 2.24 bits per heavy atom. The van der Waals surface area contributed by atoms with Crippen LogP contribution in [0.4, 0.5) is 0 Å². The number of carbonyl (C=O) groups is 1. The van der Waals surface area contributed by atoms with E-state index < -0.39 is 21.8 Å². The first-order chi connectivity index (χ1) is 7.95. The van der Waals surface area contributed by atoms with Gasteiger partial charge in [-0.05, 0) is 23.3 Å². The van der Waals surface area contributed by atoms with Crippen LogP contribution < -0.4 is 5.32 Å². The van der Waals surface area contributed by atoms with Crippen LogP contribution in [0.15, 0.2) is 23.1 Å². The van der Waals surface area contributed by atoms with Gasteiger partial charge in [0.05, 0.1) is 10.6 Å². The number of fused-ring (bicyclic) bond motifs is 1. The largest absolute Gasteiger partial charge is 0.480 e. The molecule has 0 fully saturated rings. The van der Waals surface area contributed by atoms with Gasteiger partial charge in [0.25, 0.3) is 0 Å². The second-order valence-corrected chi connectivity index (χ2v) is 6.19. The highest BCUT2D eigenvalue weighted by Gasteiger charge is 2.28. The van der Waals surface area contributed by atoms with Gasteiger partial charge in [0.2, 0.25) is 0 Å². The molecule has 0 amide bonds. The monoisotopic (exact) mass is 255 g/mol. The Hall–Kier alpha value is -1.40. The average Bonchev–Trinajstić information content (AvgIpc) is 2.71. The molecular formula is C11H13NO4S. The van der Waals surface area contributed by atoms with Gasteiger partial charge in [-0.2, -0.15) is 0 Å². The molecule has 17 heavy (non-hydrogen) atoms. The number of nitrogens with one attached hydrogen (secondary N) is 1. The van der Waals surface area contributed by atoms with Gasteiger partial charge in [0, 0.05) is 6.54 Å². The number of sulfone groups is 1. The van der Waals surface area contributed by atoms with Crippen molar-refractivity contribution in [1.82, 2.24) is 5.32 Å². The molecule has 1 aromatic carbocycles. The number of carboxylic acids is 1. The van der Waals surface area contributed by atoms with Crippen molar-refractivity contribution in [2.24, 2.45) is 0 Å². The molecule has 0 aliphatic carbocycles. The second kappa shape index (κ2) is 4.12. The van der Waals surface area contributed by atoms with Crippen molar-refractivity contribution >= 4 is 15.8 Å². The van der Waals surface area contributed by atoms with E-state index in [1.54, 1.807) is 19.1 Å². The van der Waals surface area contributed by atoms with Crippen LogP contribution in [0.2, 0.25) is 0 Å². The number of benzene rings is 1. The summed E-state index contributed by atoms with van der Waals surface area (Å²) in [4.78, 5) is 11.2. The van der Waals surface area contributed by atoms with E-state index in [4.69, 9.17) is 5.11 Å². The Kier molecular flexibility index (Phi) is 2.92. The van der Waals surface area contributed by atoms with E-state index >= 15 is 0 Å². The highest BCUT2D eigenvalue weighted by molar-refractivity contribution is 7.91. The summed E-state index contributed by atoms with van der Waals surface area (Å²) in [6.07, 6.45) is 0.